The molecule has 0 heterocycles. The lowest BCUT2D eigenvalue weighted by Crippen LogP contribution is -2.30. The highest BCUT2D eigenvalue weighted by atomic mass is 16.6. The van der Waals surface area contributed by atoms with Crippen molar-refractivity contribution in [1.29, 1.82) is 0 Å². The Balaban J connectivity index is 4.19. The summed E-state index contributed by atoms with van der Waals surface area (Å²) in [5.74, 6) is -0.983. The average Bonchev–Trinajstić information content (AvgIpc) is 3.46. The molecule has 80 heavy (non-hydrogen) atoms. The van der Waals surface area contributed by atoms with E-state index in [1.807, 2.05) is 6.08 Å². The summed E-state index contributed by atoms with van der Waals surface area (Å²) < 4.78 is 16.8. The minimum atomic E-state index is -0.817. The second kappa shape index (κ2) is 67.6. The first-order valence-corrected chi connectivity index (χ1v) is 33.9. The summed E-state index contributed by atoms with van der Waals surface area (Å²) in [7, 11) is 0. The van der Waals surface area contributed by atoms with Crippen molar-refractivity contribution < 1.29 is 28.6 Å². The molecule has 1 unspecified atom stereocenters. The Kier molecular flexibility index (Phi) is 64.3. The van der Waals surface area contributed by atoms with Gasteiger partial charge in [0.1, 0.15) is 13.2 Å². The van der Waals surface area contributed by atoms with Crippen molar-refractivity contribution in [3.05, 3.63) is 109 Å². The molecule has 1 atom stereocenters. The van der Waals surface area contributed by atoms with Gasteiger partial charge in [-0.05, 0) is 96.3 Å². The van der Waals surface area contributed by atoms with Crippen LogP contribution in [0.25, 0.3) is 0 Å². The predicted molar refractivity (Wildman–Crippen MR) is 348 cm³/mol. The highest BCUT2D eigenvalue weighted by Gasteiger charge is 2.19. The van der Waals surface area contributed by atoms with Crippen molar-refractivity contribution in [1.82, 2.24) is 0 Å². The zero-order valence-corrected chi connectivity index (χ0v) is 52.6. The predicted octanol–water partition coefficient (Wildman–Crippen LogP) is 23.4. The van der Waals surface area contributed by atoms with Crippen LogP contribution in [0.3, 0.4) is 0 Å². The molecule has 0 aromatic heterocycles. The number of hydrogen-bond acceptors (Lipinski definition) is 6. The lowest BCUT2D eigenvalue weighted by Gasteiger charge is -2.18. The maximum absolute atomic E-state index is 12.8. The van der Waals surface area contributed by atoms with Gasteiger partial charge in [0.15, 0.2) is 6.10 Å². The van der Waals surface area contributed by atoms with Gasteiger partial charge >= 0.3 is 17.9 Å². The van der Waals surface area contributed by atoms with Gasteiger partial charge in [-0.25, -0.2) is 0 Å². The summed E-state index contributed by atoms with van der Waals surface area (Å²) >= 11 is 0. The number of hydrogen-bond donors (Lipinski definition) is 0. The van der Waals surface area contributed by atoms with Crippen LogP contribution in [0, 0.1) is 0 Å². The standard InChI is InChI=1S/C74H126O6/c1-4-7-10-13-16-19-22-24-26-28-30-31-32-33-34-35-36-37-38-39-40-41-42-43-45-46-48-50-52-55-58-61-64-67-73(76)79-70-71(69-78-72(75)66-63-60-57-54-21-18-15-12-9-6-3)80-74(77)68-65-62-59-56-53-51-49-47-44-29-27-25-23-20-17-14-11-8-5-2/h8,11,17,20,22,24-25,27-28,30,32-33,44,47,51,53,59,62,71H,4-7,9-10,12-16,18-19,21,23,26,29,31,34-43,45-46,48-50,52,54-58,60-61,63-70H2,1-3H3/b11-8-,20-17-,24-22-,27-25-,30-28-,33-32-,47-44-,53-51-,62-59-. The van der Waals surface area contributed by atoms with Crippen LogP contribution in [0.1, 0.15) is 323 Å². The van der Waals surface area contributed by atoms with E-state index in [0.29, 0.717) is 19.3 Å². The van der Waals surface area contributed by atoms with Crippen LogP contribution in [0.5, 0.6) is 0 Å². The van der Waals surface area contributed by atoms with E-state index < -0.39 is 6.10 Å². The highest BCUT2D eigenvalue weighted by molar-refractivity contribution is 5.71. The lowest BCUT2D eigenvalue weighted by atomic mass is 10.0. The molecule has 0 aromatic rings. The van der Waals surface area contributed by atoms with E-state index in [1.54, 1.807) is 0 Å². The summed E-state index contributed by atoms with van der Waals surface area (Å²) in [6.07, 6.45) is 92.8. The first kappa shape index (κ1) is 76.1. The lowest BCUT2D eigenvalue weighted by molar-refractivity contribution is -0.166. The molecule has 0 amide bonds. The van der Waals surface area contributed by atoms with Gasteiger partial charge in [-0.15, -0.1) is 0 Å². The summed E-state index contributed by atoms with van der Waals surface area (Å²) in [6.45, 7) is 6.46. The zero-order valence-electron chi connectivity index (χ0n) is 52.6. The molecule has 0 radical (unpaired) electrons. The normalized spacial score (nSPS) is 12.8. The number of unbranched alkanes of at least 4 members (excludes halogenated alkanes) is 32. The van der Waals surface area contributed by atoms with Gasteiger partial charge in [0.25, 0.3) is 0 Å². The minimum Gasteiger partial charge on any atom is -0.462 e. The number of allylic oxidation sites excluding steroid dienone is 18. The Morgan fingerprint density at radius 3 is 0.812 bits per heavy atom. The fraction of sp³-hybridized carbons (Fsp3) is 0.716. The van der Waals surface area contributed by atoms with Crippen LogP contribution >= 0.6 is 0 Å². The molecule has 458 valence electrons. The number of esters is 3. The van der Waals surface area contributed by atoms with Gasteiger partial charge in [0.05, 0.1) is 0 Å². The molecule has 0 spiro atoms. The minimum absolute atomic E-state index is 0.105. The molecular formula is C74H126O6. The molecule has 0 rings (SSSR count). The molecule has 0 N–H and O–H groups in total. The summed E-state index contributed by atoms with van der Waals surface area (Å²) in [6, 6.07) is 0. The highest BCUT2D eigenvalue weighted by Crippen LogP contribution is 2.17. The van der Waals surface area contributed by atoms with Crippen LogP contribution in [-0.4, -0.2) is 37.2 Å². The topological polar surface area (TPSA) is 78.9 Å². The first-order chi connectivity index (χ1) is 39.5. The molecule has 0 aromatic carbocycles. The Bertz CT molecular complexity index is 1610. The third-order valence-corrected chi connectivity index (χ3v) is 14.5. The quantitative estimate of drug-likeness (QED) is 0.0261. The number of rotatable bonds is 61. The van der Waals surface area contributed by atoms with Crippen LogP contribution in [-0.2, 0) is 28.6 Å². The van der Waals surface area contributed by atoms with Crippen molar-refractivity contribution in [2.45, 2.75) is 329 Å². The van der Waals surface area contributed by atoms with Crippen LogP contribution in [0.2, 0.25) is 0 Å². The molecule has 0 saturated heterocycles. The Labute approximate surface area is 495 Å². The van der Waals surface area contributed by atoms with E-state index in [2.05, 4.69) is 124 Å². The smallest absolute Gasteiger partial charge is 0.306 e. The summed E-state index contributed by atoms with van der Waals surface area (Å²) in [5, 5.41) is 0. The third kappa shape index (κ3) is 64.9. The summed E-state index contributed by atoms with van der Waals surface area (Å²) in [5.41, 5.74) is 0. The van der Waals surface area contributed by atoms with Gasteiger partial charge in [0, 0.05) is 19.3 Å². The molecule has 0 aliphatic carbocycles. The Morgan fingerprint density at radius 1 is 0.263 bits per heavy atom. The van der Waals surface area contributed by atoms with Gasteiger partial charge in [-0.3, -0.25) is 14.4 Å². The van der Waals surface area contributed by atoms with Gasteiger partial charge in [-0.2, -0.15) is 0 Å². The van der Waals surface area contributed by atoms with E-state index >= 15 is 0 Å². The maximum Gasteiger partial charge on any atom is 0.306 e. The SMILES string of the molecule is CC/C=C\C/C=C\C/C=C\C/C=C\C/C=C\C/C=C\CCC(=O)OC(COC(=O)CCCCCCCCCCCC)COC(=O)CCCCCCCCCCCCCCCCCCCC/C=C\C/C=C\C/C=C\CCCCCCC. The van der Waals surface area contributed by atoms with Gasteiger partial charge in [0.2, 0.25) is 0 Å². The molecule has 6 nitrogen and oxygen atoms in total. The van der Waals surface area contributed by atoms with Crippen molar-refractivity contribution in [2.24, 2.45) is 0 Å². The zero-order chi connectivity index (χ0) is 57.8. The fourth-order valence-electron chi connectivity index (χ4n) is 9.48. The van der Waals surface area contributed by atoms with Gasteiger partial charge in [-0.1, -0.05) is 316 Å². The van der Waals surface area contributed by atoms with Crippen molar-refractivity contribution >= 4 is 17.9 Å². The molecular weight excluding hydrogens is 985 g/mol. The number of carbonyl (C=O) groups is 3. The van der Waals surface area contributed by atoms with Crippen LogP contribution in [0.4, 0.5) is 0 Å². The van der Waals surface area contributed by atoms with Crippen molar-refractivity contribution in [3.8, 4) is 0 Å². The molecule has 0 aliphatic rings. The molecule has 0 fully saturated rings. The molecule has 0 aliphatic heterocycles. The average molecular weight is 1110 g/mol. The largest absolute Gasteiger partial charge is 0.462 e. The molecule has 6 heteroatoms. The maximum atomic E-state index is 12.8. The monoisotopic (exact) mass is 1110 g/mol. The summed E-state index contributed by atoms with van der Waals surface area (Å²) in [4.78, 5) is 38.2. The van der Waals surface area contributed by atoms with E-state index in [1.165, 1.54) is 186 Å². The van der Waals surface area contributed by atoms with Crippen molar-refractivity contribution in [2.75, 3.05) is 13.2 Å². The second-order valence-electron chi connectivity index (χ2n) is 22.4. The second-order valence-corrected chi connectivity index (χ2v) is 22.4. The first-order valence-electron chi connectivity index (χ1n) is 33.9. The van der Waals surface area contributed by atoms with Crippen molar-refractivity contribution in [3.63, 3.8) is 0 Å². The molecule has 0 saturated carbocycles. The number of carbonyl (C=O) groups excluding carboxylic acids is 3. The van der Waals surface area contributed by atoms with E-state index in [4.69, 9.17) is 14.2 Å². The van der Waals surface area contributed by atoms with Crippen LogP contribution in [0.15, 0.2) is 109 Å². The third-order valence-electron chi connectivity index (χ3n) is 14.5. The van der Waals surface area contributed by atoms with E-state index in [0.717, 1.165) is 89.9 Å². The molecule has 0 bridgehead atoms. The van der Waals surface area contributed by atoms with E-state index in [9.17, 15) is 14.4 Å². The van der Waals surface area contributed by atoms with Crippen LogP contribution < -0.4 is 0 Å². The number of ether oxygens (including phenoxy) is 3. The Hall–Kier alpha value is -3.93. The Morgan fingerprint density at radius 2 is 0.512 bits per heavy atom. The van der Waals surface area contributed by atoms with Gasteiger partial charge < -0.3 is 14.2 Å². The van der Waals surface area contributed by atoms with E-state index in [-0.39, 0.29) is 37.5 Å². The fourth-order valence-corrected chi connectivity index (χ4v) is 9.48.